The summed E-state index contributed by atoms with van der Waals surface area (Å²) < 4.78 is 6.30. The second-order valence-electron chi connectivity index (χ2n) is 4.91. The van der Waals surface area contributed by atoms with Gasteiger partial charge >= 0.3 is 0 Å². The largest absolute Gasteiger partial charge is 0.497 e. The molecule has 7 nitrogen and oxygen atoms in total. The van der Waals surface area contributed by atoms with Crippen LogP contribution in [0.1, 0.15) is 5.69 Å². The molecule has 1 N–H and O–H groups in total. The van der Waals surface area contributed by atoms with Crippen LogP contribution in [0.4, 0.5) is 5.69 Å². The van der Waals surface area contributed by atoms with E-state index in [9.17, 15) is 4.79 Å². The Labute approximate surface area is 148 Å². The van der Waals surface area contributed by atoms with Crippen LogP contribution in [0.2, 0.25) is 5.02 Å². The summed E-state index contributed by atoms with van der Waals surface area (Å²) in [5, 5.41) is 8.12. The van der Waals surface area contributed by atoms with Crippen LogP contribution in [0.15, 0.2) is 64.8 Å². The number of hydrogen-bond acceptors (Lipinski definition) is 6. The van der Waals surface area contributed by atoms with E-state index in [4.69, 9.17) is 16.3 Å². The summed E-state index contributed by atoms with van der Waals surface area (Å²) in [6.07, 6.45) is 4.61. The van der Waals surface area contributed by atoms with Gasteiger partial charge in [0, 0.05) is 6.20 Å². The topological polar surface area (TPSA) is 81.4 Å². The highest BCUT2D eigenvalue weighted by Gasteiger charge is 2.10. The molecule has 1 aromatic carbocycles. The maximum atomic E-state index is 12.4. The molecule has 8 heteroatoms. The quantitative estimate of drug-likeness (QED) is 0.562. The Bertz CT molecular complexity index is 940. The van der Waals surface area contributed by atoms with Gasteiger partial charge in [0.1, 0.15) is 16.5 Å². The Morgan fingerprint density at radius 3 is 2.72 bits per heavy atom. The van der Waals surface area contributed by atoms with Crippen LogP contribution in [0, 0.1) is 0 Å². The number of ether oxygens (including phenoxy) is 1. The molecular weight excluding hydrogens is 342 g/mol. The Kier molecular flexibility index (Phi) is 5.06. The van der Waals surface area contributed by atoms with Gasteiger partial charge < -0.3 is 4.74 Å². The van der Waals surface area contributed by atoms with E-state index in [1.807, 2.05) is 12.1 Å². The van der Waals surface area contributed by atoms with E-state index in [0.717, 1.165) is 0 Å². The molecule has 0 spiro atoms. The molecule has 0 atom stereocenters. The average molecular weight is 356 g/mol. The minimum atomic E-state index is -0.454. The first kappa shape index (κ1) is 16.7. The SMILES string of the molecule is COc1ccc(-n2ncc(N/N=C\c3ccccn3)c(Cl)c2=O)cc1. The minimum absolute atomic E-state index is 0.0102. The van der Waals surface area contributed by atoms with Crippen LogP contribution < -0.4 is 15.7 Å². The Balaban J connectivity index is 1.82. The van der Waals surface area contributed by atoms with E-state index in [0.29, 0.717) is 22.8 Å². The number of pyridine rings is 1. The van der Waals surface area contributed by atoms with Crippen molar-refractivity contribution in [1.82, 2.24) is 14.8 Å². The smallest absolute Gasteiger partial charge is 0.292 e. The lowest BCUT2D eigenvalue weighted by Crippen LogP contribution is -2.22. The monoisotopic (exact) mass is 355 g/mol. The van der Waals surface area contributed by atoms with Crippen molar-refractivity contribution in [3.63, 3.8) is 0 Å². The van der Waals surface area contributed by atoms with Gasteiger partial charge in [-0.05, 0) is 36.4 Å². The maximum Gasteiger partial charge on any atom is 0.292 e. The van der Waals surface area contributed by atoms with Crippen LogP contribution in [-0.4, -0.2) is 28.1 Å². The van der Waals surface area contributed by atoms with E-state index >= 15 is 0 Å². The zero-order valence-electron chi connectivity index (χ0n) is 13.3. The molecule has 25 heavy (non-hydrogen) atoms. The zero-order chi connectivity index (χ0) is 17.6. The van der Waals surface area contributed by atoms with Crippen LogP contribution >= 0.6 is 11.6 Å². The predicted octanol–water partition coefficient (Wildman–Crippen LogP) is 2.74. The molecule has 0 amide bonds. The molecule has 0 unspecified atom stereocenters. The predicted molar refractivity (Wildman–Crippen MR) is 96.8 cm³/mol. The highest BCUT2D eigenvalue weighted by atomic mass is 35.5. The molecular formula is C17H14ClN5O2. The van der Waals surface area contributed by atoms with Gasteiger partial charge in [0.2, 0.25) is 0 Å². The van der Waals surface area contributed by atoms with Crippen molar-refractivity contribution >= 4 is 23.5 Å². The van der Waals surface area contributed by atoms with Gasteiger partial charge in [-0.15, -0.1) is 0 Å². The van der Waals surface area contributed by atoms with Gasteiger partial charge in [-0.25, -0.2) is 0 Å². The van der Waals surface area contributed by atoms with Crippen LogP contribution in [0.5, 0.6) is 5.75 Å². The molecule has 3 rings (SSSR count). The van der Waals surface area contributed by atoms with Crippen molar-refractivity contribution < 1.29 is 4.74 Å². The molecule has 2 aromatic heterocycles. The summed E-state index contributed by atoms with van der Waals surface area (Å²) in [7, 11) is 1.57. The van der Waals surface area contributed by atoms with E-state index in [1.165, 1.54) is 17.1 Å². The van der Waals surface area contributed by atoms with E-state index in [1.54, 1.807) is 43.6 Å². The number of aromatic nitrogens is 3. The lowest BCUT2D eigenvalue weighted by atomic mass is 10.3. The number of methoxy groups -OCH3 is 1. The average Bonchev–Trinajstić information content (AvgIpc) is 2.66. The fraction of sp³-hybridized carbons (Fsp3) is 0.0588. The van der Waals surface area contributed by atoms with Crippen molar-refractivity contribution in [3.05, 3.63) is 75.9 Å². The Hall–Kier alpha value is -3.19. The molecule has 0 radical (unpaired) electrons. The van der Waals surface area contributed by atoms with Crippen molar-refractivity contribution in [2.24, 2.45) is 5.10 Å². The number of benzene rings is 1. The van der Waals surface area contributed by atoms with Crippen molar-refractivity contribution in [3.8, 4) is 11.4 Å². The van der Waals surface area contributed by atoms with E-state index in [2.05, 4.69) is 20.6 Å². The second kappa shape index (κ2) is 7.59. The highest BCUT2D eigenvalue weighted by molar-refractivity contribution is 6.32. The van der Waals surface area contributed by atoms with Gasteiger partial charge in [0.05, 0.1) is 30.9 Å². The van der Waals surface area contributed by atoms with E-state index in [-0.39, 0.29) is 5.02 Å². The first-order valence-electron chi connectivity index (χ1n) is 7.31. The number of nitrogens with one attached hydrogen (secondary N) is 1. The van der Waals surface area contributed by atoms with Gasteiger partial charge in [-0.2, -0.15) is 14.9 Å². The molecule has 0 aliphatic rings. The summed E-state index contributed by atoms with van der Waals surface area (Å²) in [6.45, 7) is 0. The summed E-state index contributed by atoms with van der Waals surface area (Å²) in [6, 6.07) is 12.4. The zero-order valence-corrected chi connectivity index (χ0v) is 14.0. The van der Waals surface area contributed by atoms with Gasteiger partial charge in [0.15, 0.2) is 0 Å². The van der Waals surface area contributed by atoms with Gasteiger partial charge in [0.25, 0.3) is 5.56 Å². The molecule has 0 aliphatic carbocycles. The van der Waals surface area contributed by atoms with Crippen molar-refractivity contribution in [1.29, 1.82) is 0 Å². The lowest BCUT2D eigenvalue weighted by Gasteiger charge is -2.08. The number of anilines is 1. The summed E-state index contributed by atoms with van der Waals surface area (Å²) in [5.41, 5.74) is 3.81. The Morgan fingerprint density at radius 1 is 1.24 bits per heavy atom. The molecule has 0 fully saturated rings. The lowest BCUT2D eigenvalue weighted by molar-refractivity contribution is 0.414. The highest BCUT2D eigenvalue weighted by Crippen LogP contribution is 2.18. The normalized spacial score (nSPS) is 10.8. The summed E-state index contributed by atoms with van der Waals surface area (Å²) in [5.74, 6) is 0.685. The molecule has 0 saturated carbocycles. The number of nitrogens with zero attached hydrogens (tertiary/aromatic N) is 4. The van der Waals surface area contributed by atoms with Gasteiger partial charge in [-0.1, -0.05) is 17.7 Å². The number of hydrogen-bond donors (Lipinski definition) is 1. The minimum Gasteiger partial charge on any atom is -0.497 e. The van der Waals surface area contributed by atoms with E-state index < -0.39 is 5.56 Å². The molecule has 0 aliphatic heterocycles. The number of halogens is 1. The van der Waals surface area contributed by atoms with Crippen LogP contribution in [0.3, 0.4) is 0 Å². The molecule has 2 heterocycles. The third-order valence-electron chi connectivity index (χ3n) is 3.31. The molecule has 3 aromatic rings. The number of rotatable bonds is 5. The van der Waals surface area contributed by atoms with Gasteiger partial charge in [-0.3, -0.25) is 15.2 Å². The summed E-state index contributed by atoms with van der Waals surface area (Å²) in [4.78, 5) is 16.5. The second-order valence-corrected chi connectivity index (χ2v) is 5.29. The molecule has 0 saturated heterocycles. The molecule has 0 bridgehead atoms. The Morgan fingerprint density at radius 2 is 2.04 bits per heavy atom. The van der Waals surface area contributed by atoms with Crippen molar-refractivity contribution in [2.45, 2.75) is 0 Å². The first-order valence-corrected chi connectivity index (χ1v) is 7.69. The standard InChI is InChI=1S/C17H14ClN5O2/c1-25-14-7-5-13(6-8-14)23-17(24)16(18)15(11-21-23)22-20-10-12-4-2-3-9-19-12/h2-11,22H,1H3/b20-10-. The third-order valence-corrected chi connectivity index (χ3v) is 3.67. The summed E-state index contributed by atoms with van der Waals surface area (Å²) >= 11 is 6.14. The fourth-order valence-corrected chi connectivity index (χ4v) is 2.21. The molecule has 126 valence electrons. The number of hydrazone groups is 1. The maximum absolute atomic E-state index is 12.4. The van der Waals surface area contributed by atoms with Crippen LogP contribution in [0.25, 0.3) is 5.69 Å². The third kappa shape index (κ3) is 3.84. The van der Waals surface area contributed by atoms with Crippen molar-refractivity contribution in [2.75, 3.05) is 12.5 Å². The van der Waals surface area contributed by atoms with Crippen LogP contribution in [-0.2, 0) is 0 Å². The fourth-order valence-electron chi connectivity index (χ4n) is 2.04. The first-order chi connectivity index (χ1) is 12.2.